The molecule has 9 heteroatoms. The minimum absolute atomic E-state index is 0.543. The van der Waals surface area contributed by atoms with Crippen molar-refractivity contribution in [1.82, 2.24) is 0 Å². The predicted molar refractivity (Wildman–Crippen MR) is 52.1 cm³/mol. The lowest BCUT2D eigenvalue weighted by atomic mass is 10.3. The molecular formula is C6H4BrFN2O4S. The van der Waals surface area contributed by atoms with E-state index in [1.807, 2.05) is 0 Å². The van der Waals surface area contributed by atoms with Crippen molar-refractivity contribution in [2.24, 2.45) is 5.14 Å². The van der Waals surface area contributed by atoms with Gasteiger partial charge in [0.15, 0.2) is 4.90 Å². The van der Waals surface area contributed by atoms with Crippen molar-refractivity contribution in [2.75, 3.05) is 0 Å². The number of nitrogens with two attached hydrogens (primary N) is 1. The Morgan fingerprint density at radius 2 is 2.00 bits per heavy atom. The summed E-state index contributed by atoms with van der Waals surface area (Å²) in [6.45, 7) is 0. The molecule has 15 heavy (non-hydrogen) atoms. The van der Waals surface area contributed by atoms with Crippen LogP contribution < -0.4 is 5.14 Å². The van der Waals surface area contributed by atoms with Gasteiger partial charge in [-0.1, -0.05) is 0 Å². The van der Waals surface area contributed by atoms with Crippen molar-refractivity contribution in [3.63, 3.8) is 0 Å². The number of rotatable bonds is 2. The average molecular weight is 299 g/mol. The monoisotopic (exact) mass is 298 g/mol. The smallest absolute Gasteiger partial charge is 0.258 e. The Morgan fingerprint density at radius 1 is 1.47 bits per heavy atom. The maximum atomic E-state index is 12.9. The average Bonchev–Trinajstić information content (AvgIpc) is 2.06. The molecule has 0 aliphatic heterocycles. The summed E-state index contributed by atoms with van der Waals surface area (Å²) in [5, 5.41) is 15.3. The van der Waals surface area contributed by atoms with E-state index in [4.69, 9.17) is 5.14 Å². The lowest BCUT2D eigenvalue weighted by Crippen LogP contribution is -2.14. The van der Waals surface area contributed by atoms with Crippen molar-refractivity contribution < 1.29 is 17.7 Å². The quantitative estimate of drug-likeness (QED) is 0.653. The van der Waals surface area contributed by atoms with Gasteiger partial charge >= 0.3 is 5.69 Å². The summed E-state index contributed by atoms with van der Waals surface area (Å²) in [6, 6.07) is 1.52. The van der Waals surface area contributed by atoms with E-state index in [9.17, 15) is 22.9 Å². The number of primary sulfonamides is 1. The van der Waals surface area contributed by atoms with Crippen molar-refractivity contribution in [1.29, 1.82) is 0 Å². The third-order valence-corrected chi connectivity index (χ3v) is 3.22. The van der Waals surface area contributed by atoms with Crippen molar-refractivity contribution >= 4 is 31.6 Å². The molecule has 0 aliphatic rings. The molecule has 1 aromatic rings. The Bertz CT molecular complexity index is 530. The van der Waals surface area contributed by atoms with E-state index in [1.165, 1.54) is 0 Å². The molecule has 1 rings (SSSR count). The number of hydrogen-bond donors (Lipinski definition) is 1. The zero-order valence-electron chi connectivity index (χ0n) is 6.98. The molecule has 0 aromatic heterocycles. The molecule has 0 radical (unpaired) electrons. The second-order valence-corrected chi connectivity index (χ2v) is 4.83. The highest BCUT2D eigenvalue weighted by molar-refractivity contribution is 9.10. The van der Waals surface area contributed by atoms with Gasteiger partial charge in [-0.3, -0.25) is 10.1 Å². The molecule has 0 fully saturated rings. The Labute approximate surface area is 92.2 Å². The number of nitrogens with zero attached hydrogens (tertiary/aromatic N) is 1. The van der Waals surface area contributed by atoms with E-state index in [0.717, 1.165) is 12.1 Å². The number of benzene rings is 1. The van der Waals surface area contributed by atoms with E-state index in [0.29, 0.717) is 0 Å². The number of halogens is 2. The van der Waals surface area contributed by atoms with Crippen LogP contribution in [0.4, 0.5) is 10.1 Å². The first-order valence-corrected chi connectivity index (χ1v) is 5.74. The Hall–Kier alpha value is -1.06. The zero-order valence-corrected chi connectivity index (χ0v) is 9.38. The number of nitro groups is 1. The SMILES string of the molecule is NS(=O)(=O)c1ccc(F)c(Br)c1[N+](=O)[O-]. The van der Waals surface area contributed by atoms with Gasteiger partial charge in [0.05, 0.1) is 4.92 Å². The summed E-state index contributed by atoms with van der Waals surface area (Å²) >= 11 is 2.59. The van der Waals surface area contributed by atoms with Gasteiger partial charge in [0.2, 0.25) is 10.0 Å². The fourth-order valence-corrected chi connectivity index (χ4v) is 2.25. The fraction of sp³-hybridized carbons (Fsp3) is 0. The predicted octanol–water partition coefficient (Wildman–Crippen LogP) is 1.14. The summed E-state index contributed by atoms with van der Waals surface area (Å²) in [6.07, 6.45) is 0. The van der Waals surface area contributed by atoms with Gasteiger partial charge in [0, 0.05) is 0 Å². The Balaban J connectivity index is 3.70. The van der Waals surface area contributed by atoms with Gasteiger partial charge in [0.25, 0.3) is 0 Å². The van der Waals surface area contributed by atoms with E-state index < -0.39 is 35.8 Å². The van der Waals surface area contributed by atoms with Crippen LogP contribution in [0.1, 0.15) is 0 Å². The van der Waals surface area contributed by atoms with Crippen LogP contribution in [-0.4, -0.2) is 13.3 Å². The molecule has 0 heterocycles. The summed E-state index contributed by atoms with van der Waals surface area (Å²) in [7, 11) is -4.26. The lowest BCUT2D eigenvalue weighted by Gasteiger charge is -2.02. The first kappa shape index (κ1) is 12.0. The molecule has 2 N–H and O–H groups in total. The second-order valence-electron chi connectivity index (χ2n) is 2.51. The molecule has 0 spiro atoms. The lowest BCUT2D eigenvalue weighted by molar-refractivity contribution is -0.388. The normalized spacial score (nSPS) is 11.4. The van der Waals surface area contributed by atoms with Crippen molar-refractivity contribution in [3.05, 3.63) is 32.5 Å². The topological polar surface area (TPSA) is 103 Å². The van der Waals surface area contributed by atoms with Crippen LogP contribution in [0.15, 0.2) is 21.5 Å². The molecule has 0 saturated heterocycles. The third-order valence-electron chi connectivity index (χ3n) is 1.52. The van der Waals surface area contributed by atoms with Crippen LogP contribution in [0, 0.1) is 15.9 Å². The second kappa shape index (κ2) is 3.83. The molecule has 0 bridgehead atoms. The van der Waals surface area contributed by atoms with E-state index >= 15 is 0 Å². The van der Waals surface area contributed by atoms with Crippen molar-refractivity contribution in [3.8, 4) is 0 Å². The van der Waals surface area contributed by atoms with E-state index in [2.05, 4.69) is 15.9 Å². The van der Waals surface area contributed by atoms with Gasteiger partial charge in [-0.25, -0.2) is 17.9 Å². The standard InChI is InChI=1S/C6H4BrFN2O4S/c7-5-3(8)1-2-4(15(9,13)14)6(5)10(11)12/h1-2H,(H2,9,13,14). The largest absolute Gasteiger partial charge is 0.306 e. The molecule has 0 saturated carbocycles. The number of nitro benzene ring substituents is 1. The third kappa shape index (κ3) is 2.30. The van der Waals surface area contributed by atoms with Gasteiger partial charge < -0.3 is 0 Å². The Morgan fingerprint density at radius 3 is 2.40 bits per heavy atom. The minimum atomic E-state index is -4.26. The number of sulfonamides is 1. The molecule has 82 valence electrons. The zero-order chi connectivity index (χ0) is 11.8. The van der Waals surface area contributed by atoms with Gasteiger partial charge in [-0.2, -0.15) is 0 Å². The highest BCUT2D eigenvalue weighted by Gasteiger charge is 2.28. The summed E-state index contributed by atoms with van der Waals surface area (Å²) in [5.41, 5.74) is -0.905. The maximum absolute atomic E-state index is 12.9. The van der Waals surface area contributed by atoms with E-state index in [1.54, 1.807) is 0 Å². The number of hydrogen-bond acceptors (Lipinski definition) is 4. The molecule has 0 aliphatic carbocycles. The van der Waals surface area contributed by atoms with E-state index in [-0.39, 0.29) is 0 Å². The van der Waals surface area contributed by atoms with Crippen LogP contribution >= 0.6 is 15.9 Å². The molecule has 0 unspecified atom stereocenters. The molecular weight excluding hydrogens is 295 g/mol. The highest BCUT2D eigenvalue weighted by atomic mass is 79.9. The van der Waals surface area contributed by atoms with Gasteiger partial charge in [-0.15, -0.1) is 0 Å². The molecule has 0 amide bonds. The van der Waals surface area contributed by atoms with Gasteiger partial charge in [-0.05, 0) is 28.1 Å². The Kier molecular flexibility index (Phi) is 3.07. The first-order chi connectivity index (χ1) is 6.75. The van der Waals surface area contributed by atoms with Crippen LogP contribution in [0.5, 0.6) is 0 Å². The highest BCUT2D eigenvalue weighted by Crippen LogP contribution is 2.33. The van der Waals surface area contributed by atoms with Crippen LogP contribution in [0.3, 0.4) is 0 Å². The summed E-state index contributed by atoms with van der Waals surface area (Å²) in [5.74, 6) is -0.936. The molecule has 6 nitrogen and oxygen atoms in total. The summed E-state index contributed by atoms with van der Waals surface area (Å²) < 4.78 is 34.3. The minimum Gasteiger partial charge on any atom is -0.258 e. The first-order valence-electron chi connectivity index (χ1n) is 3.40. The maximum Gasteiger partial charge on any atom is 0.306 e. The molecule has 0 atom stereocenters. The van der Waals surface area contributed by atoms with Crippen LogP contribution in [0.2, 0.25) is 0 Å². The van der Waals surface area contributed by atoms with Crippen LogP contribution in [-0.2, 0) is 10.0 Å². The fourth-order valence-electron chi connectivity index (χ4n) is 0.922. The van der Waals surface area contributed by atoms with Crippen LogP contribution in [0.25, 0.3) is 0 Å². The summed E-state index contributed by atoms with van der Waals surface area (Å²) in [4.78, 5) is 8.77. The van der Waals surface area contributed by atoms with Gasteiger partial charge in [0.1, 0.15) is 10.3 Å². The van der Waals surface area contributed by atoms with Crippen molar-refractivity contribution in [2.45, 2.75) is 4.90 Å². The molecule has 1 aromatic carbocycles.